The first-order valence-corrected chi connectivity index (χ1v) is 12.4. The zero-order chi connectivity index (χ0) is 25.0. The quantitative estimate of drug-likeness (QED) is 0.666. The number of imide groups is 1. The van der Waals surface area contributed by atoms with Crippen molar-refractivity contribution < 1.29 is 28.3 Å². The molecule has 0 aromatic heterocycles. The van der Waals surface area contributed by atoms with Crippen LogP contribution in [0.4, 0.5) is 4.39 Å². The molecule has 4 heterocycles. The Hall–Kier alpha value is -3.75. The van der Waals surface area contributed by atoms with E-state index in [1.807, 2.05) is 12.1 Å². The monoisotopic (exact) mass is 491 g/mol. The average Bonchev–Trinajstić information content (AvgIpc) is 3.48. The summed E-state index contributed by atoms with van der Waals surface area (Å²) >= 11 is 0. The smallest absolute Gasteiger partial charge is 0.257 e. The average molecular weight is 492 g/mol. The molecule has 2 aromatic carbocycles. The molecule has 2 saturated heterocycles. The number of hydrogen-bond donors (Lipinski definition) is 1. The van der Waals surface area contributed by atoms with Crippen molar-refractivity contribution in [3.63, 3.8) is 0 Å². The molecule has 1 unspecified atom stereocenters. The number of hydrogen-bond acceptors (Lipinski definition) is 5. The van der Waals surface area contributed by atoms with Crippen LogP contribution in [0.3, 0.4) is 0 Å². The van der Waals surface area contributed by atoms with Crippen molar-refractivity contribution >= 4 is 23.6 Å². The predicted molar refractivity (Wildman–Crippen MR) is 126 cm³/mol. The lowest BCUT2D eigenvalue weighted by Gasteiger charge is -2.33. The second kappa shape index (κ2) is 8.72. The second-order valence-corrected chi connectivity index (χ2v) is 9.89. The van der Waals surface area contributed by atoms with Gasteiger partial charge in [-0.15, -0.1) is 0 Å². The van der Waals surface area contributed by atoms with Gasteiger partial charge in [-0.05, 0) is 54.0 Å². The number of amides is 4. The van der Waals surface area contributed by atoms with E-state index in [9.17, 15) is 19.2 Å². The fraction of sp³-hybridized carbons (Fsp3) is 0.407. The van der Waals surface area contributed by atoms with Crippen LogP contribution in [0.1, 0.15) is 69.0 Å². The predicted octanol–water partition coefficient (Wildman–Crippen LogP) is 2.54. The highest BCUT2D eigenvalue weighted by atomic mass is 19.1. The molecule has 0 spiro atoms. The van der Waals surface area contributed by atoms with Crippen molar-refractivity contribution in [2.75, 3.05) is 19.7 Å². The van der Waals surface area contributed by atoms with Crippen molar-refractivity contribution in [2.45, 2.75) is 50.6 Å². The third kappa shape index (κ3) is 3.73. The van der Waals surface area contributed by atoms with Gasteiger partial charge in [-0.2, -0.15) is 0 Å². The topological polar surface area (TPSA) is 96.0 Å². The molecular weight excluding hydrogens is 465 g/mol. The molecule has 0 bridgehead atoms. The van der Waals surface area contributed by atoms with Crippen LogP contribution in [0.25, 0.3) is 0 Å². The third-order valence-electron chi connectivity index (χ3n) is 7.81. The van der Waals surface area contributed by atoms with Gasteiger partial charge in [0.1, 0.15) is 17.6 Å². The van der Waals surface area contributed by atoms with Crippen molar-refractivity contribution in [1.82, 2.24) is 15.1 Å². The number of carbonyl (C=O) groups is 4. The van der Waals surface area contributed by atoms with Crippen LogP contribution >= 0.6 is 0 Å². The number of para-hydroxylation sites is 1. The lowest BCUT2D eigenvalue weighted by atomic mass is 9.87. The normalized spacial score (nSPS) is 21.8. The molecule has 36 heavy (non-hydrogen) atoms. The van der Waals surface area contributed by atoms with Gasteiger partial charge in [-0.25, -0.2) is 4.39 Å². The second-order valence-electron chi connectivity index (χ2n) is 9.89. The van der Waals surface area contributed by atoms with Crippen LogP contribution in [0, 0.1) is 5.82 Å². The molecular formula is C27H26FN3O5. The molecule has 2 aromatic rings. The largest absolute Gasteiger partial charge is 0.492 e. The van der Waals surface area contributed by atoms with Crippen LogP contribution in [0.15, 0.2) is 30.3 Å². The zero-order valence-corrected chi connectivity index (χ0v) is 19.7. The van der Waals surface area contributed by atoms with E-state index in [2.05, 4.69) is 5.32 Å². The molecule has 2 fully saturated rings. The SMILES string of the molecule is O=C1CCC(N2Cc3cc(C4CCN(C(=O)c5cccc6c5OCC6)CC4)c(F)cc3C2=O)C(=O)N1. The number of rotatable bonds is 3. The standard InChI is InChI=1S/C27H26FN3O5/c28-21-13-20-17(14-31(27(20)35)22-4-5-23(32)29-25(22)33)12-19(21)15-6-9-30(10-7-15)26(34)18-3-1-2-16-8-11-36-24(16)18/h1-3,12-13,15,22H,4-11,14H2,(H,29,32,33). The molecule has 8 nitrogen and oxygen atoms in total. The first kappa shape index (κ1) is 22.7. The van der Waals surface area contributed by atoms with Crippen molar-refractivity contribution in [3.8, 4) is 5.75 Å². The summed E-state index contributed by atoms with van der Waals surface area (Å²) in [6.45, 7) is 1.81. The number of ether oxygens (including phenoxy) is 1. The van der Waals surface area contributed by atoms with Gasteiger partial charge in [0.2, 0.25) is 11.8 Å². The van der Waals surface area contributed by atoms with Crippen molar-refractivity contribution in [3.05, 3.63) is 64.0 Å². The minimum Gasteiger partial charge on any atom is -0.492 e. The lowest BCUT2D eigenvalue weighted by Crippen LogP contribution is -2.52. The Kier molecular flexibility index (Phi) is 5.50. The van der Waals surface area contributed by atoms with Crippen LogP contribution in [0.5, 0.6) is 5.75 Å². The van der Waals surface area contributed by atoms with Crippen LogP contribution in [-0.4, -0.2) is 59.2 Å². The molecule has 0 saturated carbocycles. The van der Waals surface area contributed by atoms with Crippen LogP contribution in [-0.2, 0) is 22.6 Å². The summed E-state index contributed by atoms with van der Waals surface area (Å²) in [4.78, 5) is 53.1. The number of halogens is 1. The first-order valence-electron chi connectivity index (χ1n) is 12.4. The molecule has 4 aliphatic heterocycles. The third-order valence-corrected chi connectivity index (χ3v) is 7.81. The Labute approximate surface area is 207 Å². The lowest BCUT2D eigenvalue weighted by molar-refractivity contribution is -0.136. The number of nitrogens with one attached hydrogen (secondary N) is 1. The maximum absolute atomic E-state index is 15.2. The molecule has 6 rings (SSSR count). The highest BCUT2D eigenvalue weighted by Gasteiger charge is 2.40. The molecule has 1 atom stereocenters. The minimum atomic E-state index is -0.730. The Morgan fingerprint density at radius 3 is 2.61 bits per heavy atom. The molecule has 4 amide bonds. The molecule has 9 heteroatoms. The maximum atomic E-state index is 15.2. The van der Waals surface area contributed by atoms with E-state index in [0.717, 1.165) is 12.0 Å². The summed E-state index contributed by atoms with van der Waals surface area (Å²) in [5.41, 5.74) is 3.14. The summed E-state index contributed by atoms with van der Waals surface area (Å²) in [5.74, 6) is -1.11. The number of benzene rings is 2. The summed E-state index contributed by atoms with van der Waals surface area (Å²) in [6.07, 6.45) is 2.47. The molecule has 186 valence electrons. The van der Waals surface area contributed by atoms with E-state index >= 15 is 4.39 Å². The number of nitrogens with zero attached hydrogens (tertiary/aromatic N) is 2. The fourth-order valence-electron chi connectivity index (χ4n) is 5.87. The van der Waals surface area contributed by atoms with Crippen molar-refractivity contribution in [1.29, 1.82) is 0 Å². The minimum absolute atomic E-state index is 0.0629. The van der Waals surface area contributed by atoms with Gasteiger partial charge in [-0.3, -0.25) is 24.5 Å². The van der Waals surface area contributed by atoms with Gasteiger partial charge in [0, 0.05) is 38.0 Å². The van der Waals surface area contributed by atoms with E-state index in [4.69, 9.17) is 4.74 Å². The van der Waals surface area contributed by atoms with Gasteiger partial charge in [-0.1, -0.05) is 18.2 Å². The van der Waals surface area contributed by atoms with E-state index in [1.54, 1.807) is 17.0 Å². The van der Waals surface area contributed by atoms with E-state index in [1.165, 1.54) is 11.0 Å². The number of carbonyl (C=O) groups excluding carboxylic acids is 4. The summed E-state index contributed by atoms with van der Waals surface area (Å²) in [7, 11) is 0. The van der Waals surface area contributed by atoms with Gasteiger partial charge >= 0.3 is 0 Å². The zero-order valence-electron chi connectivity index (χ0n) is 19.7. The van der Waals surface area contributed by atoms with Gasteiger partial charge in [0.05, 0.1) is 12.2 Å². The van der Waals surface area contributed by atoms with E-state index in [0.29, 0.717) is 55.0 Å². The maximum Gasteiger partial charge on any atom is 0.257 e. The summed E-state index contributed by atoms with van der Waals surface area (Å²) < 4.78 is 20.9. The van der Waals surface area contributed by atoms with Gasteiger partial charge < -0.3 is 14.5 Å². The molecule has 4 aliphatic rings. The first-order chi connectivity index (χ1) is 17.4. The van der Waals surface area contributed by atoms with Gasteiger partial charge in [0.15, 0.2) is 0 Å². The van der Waals surface area contributed by atoms with Crippen LogP contribution < -0.4 is 10.1 Å². The number of likely N-dealkylation sites (tertiary alicyclic amines) is 1. The van der Waals surface area contributed by atoms with E-state index in [-0.39, 0.29) is 48.6 Å². The summed E-state index contributed by atoms with van der Waals surface area (Å²) in [6, 6.07) is 7.95. The van der Waals surface area contributed by atoms with E-state index < -0.39 is 17.8 Å². The molecule has 1 N–H and O–H groups in total. The Bertz CT molecular complexity index is 1300. The Balaban J connectivity index is 1.16. The van der Waals surface area contributed by atoms with Crippen LogP contribution in [0.2, 0.25) is 0 Å². The van der Waals surface area contributed by atoms with Gasteiger partial charge in [0.25, 0.3) is 11.8 Å². The summed E-state index contributed by atoms with van der Waals surface area (Å²) in [5, 5.41) is 2.28. The number of piperidine rings is 2. The number of fused-ring (bicyclic) bond motifs is 2. The van der Waals surface area contributed by atoms with Crippen molar-refractivity contribution in [2.24, 2.45) is 0 Å². The Morgan fingerprint density at radius 1 is 1.03 bits per heavy atom. The Morgan fingerprint density at radius 2 is 1.83 bits per heavy atom. The fourth-order valence-corrected chi connectivity index (χ4v) is 5.87. The highest BCUT2D eigenvalue weighted by molar-refractivity contribution is 6.05. The molecule has 0 radical (unpaired) electrons. The molecule has 0 aliphatic carbocycles. The highest BCUT2D eigenvalue weighted by Crippen LogP contribution is 2.37.